The maximum atomic E-state index is 14.0. The van der Waals surface area contributed by atoms with Gasteiger partial charge in [0.25, 0.3) is 10.1 Å². The molecule has 3 N–H and O–H groups in total. The van der Waals surface area contributed by atoms with E-state index in [9.17, 15) is 36.3 Å². The predicted octanol–water partition coefficient (Wildman–Crippen LogP) is 4.38. The van der Waals surface area contributed by atoms with Gasteiger partial charge in [-0.3, -0.25) is 13.8 Å². The number of amides is 1. The molecule has 1 aliphatic carbocycles. The van der Waals surface area contributed by atoms with Crippen molar-refractivity contribution in [3.8, 4) is 0 Å². The molecule has 0 heterocycles. The van der Waals surface area contributed by atoms with Crippen molar-refractivity contribution in [2.45, 2.75) is 66.5 Å². The molecule has 0 spiro atoms. The van der Waals surface area contributed by atoms with Gasteiger partial charge < -0.3 is 15.1 Å². The fourth-order valence-electron chi connectivity index (χ4n) is 6.32. The number of sulfonamides is 1. The molecule has 1 fully saturated rings. The summed E-state index contributed by atoms with van der Waals surface area (Å²) in [6.07, 6.45) is -1.62. The number of aliphatic carboxylic acids is 2. The highest BCUT2D eigenvalue weighted by atomic mass is 32.2. The molecule has 3 unspecified atom stereocenters. The number of hydrogen-bond acceptors (Lipinski definition) is 8. The van der Waals surface area contributed by atoms with Crippen LogP contribution >= 0.6 is 0 Å². The molecule has 48 heavy (non-hydrogen) atoms. The highest BCUT2D eigenvalue weighted by molar-refractivity contribution is 7.89. The van der Waals surface area contributed by atoms with E-state index in [4.69, 9.17) is 9.29 Å². The van der Waals surface area contributed by atoms with Gasteiger partial charge in [0.05, 0.1) is 16.9 Å². The van der Waals surface area contributed by atoms with Crippen LogP contribution in [0.4, 0.5) is 0 Å². The number of carbonyl (C=O) groups excluding carboxylic acids is 1. The summed E-state index contributed by atoms with van der Waals surface area (Å²) < 4.78 is 63.1. The number of nitrogens with zero attached hydrogens (tertiary/aromatic N) is 1. The number of nitrogens with one attached hydrogen (secondary N) is 1. The third-order valence-corrected chi connectivity index (χ3v) is 11.7. The van der Waals surface area contributed by atoms with Crippen molar-refractivity contribution in [2.75, 3.05) is 7.05 Å². The summed E-state index contributed by atoms with van der Waals surface area (Å²) in [4.78, 5) is 38.2. The lowest BCUT2D eigenvalue weighted by atomic mass is 9.82. The minimum Gasteiger partial charge on any atom is -0.481 e. The van der Waals surface area contributed by atoms with Gasteiger partial charge in [0.2, 0.25) is 15.9 Å². The lowest BCUT2D eigenvalue weighted by molar-refractivity contribution is -0.152. The molecule has 0 saturated heterocycles. The van der Waals surface area contributed by atoms with E-state index in [2.05, 4.69) is 4.72 Å². The van der Waals surface area contributed by atoms with Gasteiger partial charge in [0.15, 0.2) is 0 Å². The summed E-state index contributed by atoms with van der Waals surface area (Å²) in [7, 11) is -7.30. The molecule has 0 aliphatic heterocycles. The van der Waals surface area contributed by atoms with Crippen LogP contribution in [-0.2, 0) is 38.7 Å². The minimum atomic E-state index is -4.34. The molecule has 14 heteroatoms. The lowest BCUT2D eigenvalue weighted by Crippen LogP contribution is -2.54. The Morgan fingerprint density at radius 2 is 1.40 bits per heavy atom. The third-order valence-electron chi connectivity index (χ3n) is 8.72. The van der Waals surface area contributed by atoms with Crippen molar-refractivity contribution in [3.05, 3.63) is 84.9 Å². The van der Waals surface area contributed by atoms with E-state index in [-0.39, 0.29) is 48.3 Å². The normalized spacial score (nSPS) is 19.1. The van der Waals surface area contributed by atoms with Crippen LogP contribution < -0.4 is 4.72 Å². The Bertz CT molecular complexity index is 2060. The first-order valence-corrected chi connectivity index (χ1v) is 18.3. The van der Waals surface area contributed by atoms with Crippen molar-refractivity contribution < 1.29 is 45.6 Å². The number of carbonyl (C=O) groups is 3. The summed E-state index contributed by atoms with van der Waals surface area (Å²) in [6.45, 7) is 0. The summed E-state index contributed by atoms with van der Waals surface area (Å²) in [5.41, 5.74) is 0. The Kier molecular flexibility index (Phi) is 10.5. The van der Waals surface area contributed by atoms with Crippen molar-refractivity contribution >= 4 is 59.5 Å². The van der Waals surface area contributed by atoms with Crippen LogP contribution in [0, 0.1) is 5.92 Å². The smallest absolute Gasteiger partial charge is 0.326 e. The van der Waals surface area contributed by atoms with Crippen LogP contribution in [0.5, 0.6) is 0 Å². The van der Waals surface area contributed by atoms with E-state index in [0.29, 0.717) is 21.5 Å². The maximum Gasteiger partial charge on any atom is 0.326 e. The Morgan fingerprint density at radius 1 is 0.833 bits per heavy atom. The van der Waals surface area contributed by atoms with Gasteiger partial charge in [-0.05, 0) is 55.0 Å². The zero-order valence-corrected chi connectivity index (χ0v) is 27.7. The van der Waals surface area contributed by atoms with E-state index in [1.807, 2.05) is 0 Å². The number of fused-ring (bicyclic) bond motifs is 2. The molecule has 4 atom stereocenters. The first-order valence-electron chi connectivity index (χ1n) is 15.4. The Balaban J connectivity index is 1.45. The van der Waals surface area contributed by atoms with Crippen LogP contribution in [0.15, 0.2) is 94.7 Å². The van der Waals surface area contributed by atoms with E-state index in [1.54, 1.807) is 72.8 Å². The van der Waals surface area contributed by atoms with Crippen molar-refractivity contribution in [2.24, 2.45) is 5.92 Å². The summed E-state index contributed by atoms with van der Waals surface area (Å²) in [5, 5.41) is 21.2. The quantitative estimate of drug-likeness (QED) is 0.170. The van der Waals surface area contributed by atoms with Crippen molar-refractivity contribution in [3.63, 3.8) is 0 Å². The third kappa shape index (κ3) is 7.67. The SMILES string of the molecule is CN(C(=O)C1CC(OS(=O)(=O)c2cccc3ccccc23)CCC1NS(=O)(=O)c1cccc2ccccc12)[C@@H](CCCC(=O)O)C(=O)O. The molecule has 4 aromatic carbocycles. The Morgan fingerprint density at radius 3 is 2.00 bits per heavy atom. The van der Waals surface area contributed by atoms with Gasteiger partial charge in [0.1, 0.15) is 10.9 Å². The number of hydrogen-bond donors (Lipinski definition) is 3. The lowest BCUT2D eigenvalue weighted by Gasteiger charge is -2.38. The summed E-state index contributed by atoms with van der Waals surface area (Å²) in [5.74, 6) is -4.41. The standard InChI is InChI=1S/C34H36N2O10S2/c1-36(29(34(40)41)15-8-18-32(37)38)33(39)27-21-24(46-48(44,45)31-17-7-12-23-10-3-5-14-26(23)31)19-20-28(27)35-47(42,43)30-16-6-11-22-9-2-4-13-25(22)30/h2-7,9-14,16-17,24,27-29,35H,8,15,18-21H2,1H3,(H,37,38)(H,40,41)/t24?,27?,28?,29-/m0/s1. The zero-order valence-electron chi connectivity index (χ0n) is 26.1. The van der Waals surface area contributed by atoms with Crippen LogP contribution in [0.3, 0.4) is 0 Å². The van der Waals surface area contributed by atoms with Gasteiger partial charge in [-0.1, -0.05) is 72.8 Å². The second-order valence-electron chi connectivity index (χ2n) is 11.9. The minimum absolute atomic E-state index is 0.00542. The van der Waals surface area contributed by atoms with Crippen LogP contribution in [0.1, 0.15) is 38.5 Å². The van der Waals surface area contributed by atoms with Gasteiger partial charge in [0, 0.05) is 30.3 Å². The molecule has 254 valence electrons. The van der Waals surface area contributed by atoms with Crippen LogP contribution in [-0.4, -0.2) is 75.0 Å². The molecule has 0 aromatic heterocycles. The average molecular weight is 697 g/mol. The van der Waals surface area contributed by atoms with Gasteiger partial charge in [-0.25, -0.2) is 17.9 Å². The Labute approximate surface area is 278 Å². The highest BCUT2D eigenvalue weighted by Crippen LogP contribution is 2.34. The molecular formula is C34H36N2O10S2. The van der Waals surface area contributed by atoms with Gasteiger partial charge in [-0.2, -0.15) is 8.42 Å². The summed E-state index contributed by atoms with van der Waals surface area (Å²) >= 11 is 0. The first-order chi connectivity index (χ1) is 22.8. The summed E-state index contributed by atoms with van der Waals surface area (Å²) in [6, 6.07) is 21.0. The monoisotopic (exact) mass is 696 g/mol. The topological polar surface area (TPSA) is 184 Å². The van der Waals surface area contributed by atoms with E-state index >= 15 is 0 Å². The predicted molar refractivity (Wildman–Crippen MR) is 177 cm³/mol. The van der Waals surface area contributed by atoms with Crippen LogP contribution in [0.25, 0.3) is 21.5 Å². The van der Waals surface area contributed by atoms with Crippen LogP contribution in [0.2, 0.25) is 0 Å². The second-order valence-corrected chi connectivity index (χ2v) is 15.1. The van der Waals surface area contributed by atoms with Crippen molar-refractivity contribution in [1.82, 2.24) is 9.62 Å². The highest BCUT2D eigenvalue weighted by Gasteiger charge is 2.43. The molecule has 4 aromatic rings. The fraction of sp³-hybridized carbons (Fsp3) is 0.324. The maximum absolute atomic E-state index is 14.0. The second kappa shape index (κ2) is 14.4. The fourth-order valence-corrected chi connectivity index (χ4v) is 9.19. The van der Waals surface area contributed by atoms with Crippen molar-refractivity contribution in [1.29, 1.82) is 0 Å². The molecule has 1 saturated carbocycles. The van der Waals surface area contributed by atoms with E-state index in [0.717, 1.165) is 4.90 Å². The van der Waals surface area contributed by atoms with Gasteiger partial charge >= 0.3 is 11.9 Å². The molecule has 0 bridgehead atoms. The first kappa shape index (κ1) is 35.0. The molecule has 5 rings (SSSR count). The number of rotatable bonds is 13. The average Bonchev–Trinajstić information content (AvgIpc) is 3.05. The number of benzene rings is 4. The molecule has 0 radical (unpaired) electrons. The van der Waals surface area contributed by atoms with E-state index in [1.165, 1.54) is 19.2 Å². The molecule has 1 amide bonds. The molecule has 1 aliphatic rings. The number of carboxylic acid groups (broad SMARTS) is 2. The largest absolute Gasteiger partial charge is 0.481 e. The number of carboxylic acids is 2. The molecular weight excluding hydrogens is 661 g/mol. The zero-order chi connectivity index (χ0) is 34.6. The van der Waals surface area contributed by atoms with Gasteiger partial charge in [-0.15, -0.1) is 0 Å². The Hall–Kier alpha value is -4.37. The number of likely N-dealkylation sites (N-methyl/N-ethyl adjacent to an activating group) is 1. The molecule has 12 nitrogen and oxygen atoms in total. The van der Waals surface area contributed by atoms with E-state index < -0.39 is 62.1 Å².